The lowest BCUT2D eigenvalue weighted by Crippen LogP contribution is -2.63. The molecule has 0 bridgehead atoms. The second kappa shape index (κ2) is 13.8. The normalized spacial score (nSPS) is 32.5. The number of rotatable bonds is 8. The van der Waals surface area contributed by atoms with Crippen molar-refractivity contribution >= 4 is 55.4 Å². The van der Waals surface area contributed by atoms with Crippen molar-refractivity contribution in [1.29, 1.82) is 0 Å². The number of aliphatic hydroxyl groups excluding tert-OH is 7. The van der Waals surface area contributed by atoms with E-state index in [0.717, 1.165) is 5.01 Å². The van der Waals surface area contributed by atoms with Gasteiger partial charge >= 0.3 is 0 Å². The number of hydrogen-bond donors (Lipinski definition) is 11. The number of carbonyl (C=O) groups excluding carboxylic acids is 2. The van der Waals surface area contributed by atoms with Gasteiger partial charge < -0.3 is 79.2 Å². The van der Waals surface area contributed by atoms with Gasteiger partial charge in [-0.05, 0) is 24.3 Å². The second-order valence-electron chi connectivity index (χ2n) is 14.3. The molecule has 4 aliphatic rings. The molecule has 0 spiro atoms. The number of benzene rings is 3. The Morgan fingerprint density at radius 1 is 0.804 bits per heavy atom. The summed E-state index contributed by atoms with van der Waals surface area (Å²) in [6.45, 7) is -1.23. The molecular formula is C36H38N4O16. The highest BCUT2D eigenvalue weighted by molar-refractivity contribution is 6.39. The van der Waals surface area contributed by atoms with Crippen LogP contribution in [-0.2, 0) is 23.7 Å². The number of phenolic OH excluding ortho intramolecular Hbond substituents is 2. The zero-order valence-electron chi connectivity index (χ0n) is 29.1. The molecule has 0 saturated carbocycles. The van der Waals surface area contributed by atoms with E-state index in [1.54, 1.807) is 6.07 Å². The van der Waals surface area contributed by atoms with Crippen LogP contribution in [-0.4, -0.2) is 167 Å². The van der Waals surface area contributed by atoms with E-state index in [-0.39, 0.29) is 69.9 Å². The first kappa shape index (κ1) is 37.1. The molecule has 0 aliphatic carbocycles. The molecule has 9 rings (SSSR count). The van der Waals surface area contributed by atoms with Gasteiger partial charge in [-0.25, -0.2) is 10.4 Å². The lowest BCUT2D eigenvalue weighted by molar-refractivity contribution is -0.346. The van der Waals surface area contributed by atoms with Gasteiger partial charge in [-0.2, -0.15) is 0 Å². The van der Waals surface area contributed by atoms with Gasteiger partial charge in [0.1, 0.15) is 67.1 Å². The van der Waals surface area contributed by atoms with Gasteiger partial charge in [0.05, 0.1) is 59.1 Å². The van der Waals surface area contributed by atoms with Gasteiger partial charge in [0.15, 0.2) is 12.5 Å². The van der Waals surface area contributed by atoms with Crippen LogP contribution in [0.5, 0.6) is 11.5 Å². The smallest absolute Gasteiger partial charge is 0.276 e. The van der Waals surface area contributed by atoms with Gasteiger partial charge in [0, 0.05) is 40.2 Å². The standard InChI is InChI=1S/C36H38N4O16/c41-8-19-27(45)28(46)31(49)36(55-19)56-32-20(9-42)54-35(30(48)29(32)47)39-18-6-13(44)2-4-16(18)22-24-23(33(50)40(34(24)51)37-7-14-10-52-11-53-14)21-15-3-1-12(43)5-17(15)38-25(21)26(22)39/h1-6,14,19-20,27-32,35-38,41-49H,7-11H2/t14?,19-,20-,27-,28+,29-,30-,31-,32-,35-,36+/m1/s1. The summed E-state index contributed by atoms with van der Waals surface area (Å²) < 4.78 is 29.6. The number of carbonyl (C=O) groups is 2. The Hall–Kier alpha value is -4.52. The summed E-state index contributed by atoms with van der Waals surface area (Å²) in [7, 11) is 0. The van der Waals surface area contributed by atoms with Crippen LogP contribution in [0.3, 0.4) is 0 Å². The number of hydrogen-bond acceptors (Lipinski definition) is 17. The molecule has 3 saturated heterocycles. The molecule has 2 amide bonds. The molecule has 2 aromatic heterocycles. The molecule has 6 heterocycles. The number of fused-ring (bicyclic) bond motifs is 10. The molecular weight excluding hydrogens is 744 g/mol. The van der Waals surface area contributed by atoms with Crippen molar-refractivity contribution in [2.24, 2.45) is 0 Å². The number of amides is 2. The molecule has 11 N–H and O–H groups in total. The molecule has 0 radical (unpaired) electrons. The minimum absolute atomic E-state index is 0.0228. The molecule has 20 heteroatoms. The fraction of sp³-hybridized carbons (Fsp3) is 0.444. The average molecular weight is 783 g/mol. The van der Waals surface area contributed by atoms with E-state index in [4.69, 9.17) is 23.7 Å². The predicted octanol–water partition coefficient (Wildman–Crippen LogP) is -1.89. The molecule has 1 unspecified atom stereocenters. The molecule has 4 aliphatic heterocycles. The Morgan fingerprint density at radius 2 is 1.50 bits per heavy atom. The monoisotopic (exact) mass is 782 g/mol. The second-order valence-corrected chi connectivity index (χ2v) is 14.3. The number of H-pyrrole nitrogens is 1. The lowest BCUT2D eigenvalue weighted by Gasteiger charge is -2.46. The largest absolute Gasteiger partial charge is 0.508 e. The van der Waals surface area contributed by atoms with Gasteiger partial charge in [0.2, 0.25) is 0 Å². The highest BCUT2D eigenvalue weighted by Gasteiger charge is 2.52. The topological polar surface area (TPSA) is 298 Å². The van der Waals surface area contributed by atoms with E-state index in [0.29, 0.717) is 16.3 Å². The first-order chi connectivity index (χ1) is 26.9. The highest BCUT2D eigenvalue weighted by atomic mass is 16.7. The number of aromatic amines is 1. The number of imide groups is 1. The van der Waals surface area contributed by atoms with E-state index in [9.17, 15) is 55.5 Å². The van der Waals surface area contributed by atoms with Gasteiger partial charge in [0.25, 0.3) is 11.8 Å². The Balaban J connectivity index is 1.21. The summed E-state index contributed by atoms with van der Waals surface area (Å²) in [6.07, 6.45) is -17.5. The molecule has 3 fully saturated rings. The minimum atomic E-state index is -1.91. The summed E-state index contributed by atoms with van der Waals surface area (Å²) in [5.41, 5.74) is 3.89. The quantitative estimate of drug-likeness (QED) is 0.0767. The van der Waals surface area contributed by atoms with Crippen LogP contribution in [0, 0.1) is 0 Å². The van der Waals surface area contributed by atoms with Crippen LogP contribution in [0.4, 0.5) is 0 Å². The number of nitrogens with one attached hydrogen (secondary N) is 2. The maximum atomic E-state index is 14.4. The fourth-order valence-corrected chi connectivity index (χ4v) is 8.29. The van der Waals surface area contributed by atoms with E-state index in [2.05, 4.69) is 10.4 Å². The van der Waals surface area contributed by atoms with Crippen LogP contribution in [0.15, 0.2) is 36.4 Å². The maximum absolute atomic E-state index is 14.4. The van der Waals surface area contributed by atoms with Crippen molar-refractivity contribution in [2.75, 3.05) is 33.2 Å². The van der Waals surface area contributed by atoms with Crippen LogP contribution >= 0.6 is 0 Å². The van der Waals surface area contributed by atoms with Crippen molar-refractivity contribution in [3.8, 4) is 11.5 Å². The summed E-state index contributed by atoms with van der Waals surface area (Å²) in [5, 5.41) is 98.2. The lowest BCUT2D eigenvalue weighted by atomic mass is 9.95. The Morgan fingerprint density at radius 3 is 2.20 bits per heavy atom. The van der Waals surface area contributed by atoms with Crippen molar-refractivity contribution < 1.29 is 79.2 Å². The van der Waals surface area contributed by atoms with Crippen molar-refractivity contribution in [3.63, 3.8) is 0 Å². The molecule has 298 valence electrons. The summed E-state index contributed by atoms with van der Waals surface area (Å²) in [4.78, 5) is 32.0. The van der Waals surface area contributed by atoms with Crippen molar-refractivity contribution in [2.45, 2.75) is 67.5 Å². The first-order valence-corrected chi connectivity index (χ1v) is 17.8. The zero-order chi connectivity index (χ0) is 39.3. The first-order valence-electron chi connectivity index (χ1n) is 17.8. The van der Waals surface area contributed by atoms with Crippen molar-refractivity contribution in [3.05, 3.63) is 47.5 Å². The van der Waals surface area contributed by atoms with Gasteiger partial charge in [-0.1, -0.05) is 0 Å². The van der Waals surface area contributed by atoms with Gasteiger partial charge in [-0.15, -0.1) is 0 Å². The predicted molar refractivity (Wildman–Crippen MR) is 188 cm³/mol. The number of aromatic hydroxyl groups is 2. The molecule has 11 atom stereocenters. The Bertz CT molecular complexity index is 2370. The minimum Gasteiger partial charge on any atom is -0.508 e. The zero-order valence-corrected chi connectivity index (χ0v) is 29.1. The number of hydrazine groups is 1. The Labute approximate surface area is 314 Å². The Kier molecular flexibility index (Phi) is 9.17. The number of phenols is 2. The van der Waals surface area contributed by atoms with Crippen molar-refractivity contribution in [1.82, 2.24) is 20.0 Å². The van der Waals surface area contributed by atoms with Crippen LogP contribution < -0.4 is 5.43 Å². The third-order valence-corrected chi connectivity index (χ3v) is 11.0. The average Bonchev–Trinajstić information content (AvgIpc) is 3.96. The third kappa shape index (κ3) is 5.49. The molecule has 20 nitrogen and oxygen atoms in total. The fourth-order valence-electron chi connectivity index (χ4n) is 8.29. The number of nitrogens with zero attached hydrogens (tertiary/aromatic N) is 2. The van der Waals surface area contributed by atoms with Gasteiger partial charge in [-0.3, -0.25) is 9.59 Å². The number of aromatic nitrogens is 2. The third-order valence-electron chi connectivity index (χ3n) is 11.0. The number of aliphatic hydroxyl groups is 7. The summed E-state index contributed by atoms with van der Waals surface area (Å²) >= 11 is 0. The van der Waals surface area contributed by atoms with E-state index < -0.39 is 92.5 Å². The van der Waals surface area contributed by atoms with Crippen LogP contribution in [0.2, 0.25) is 0 Å². The maximum Gasteiger partial charge on any atom is 0.276 e. The number of ether oxygens (including phenoxy) is 5. The highest BCUT2D eigenvalue weighted by Crippen LogP contribution is 2.48. The van der Waals surface area contributed by atoms with E-state index in [1.165, 1.54) is 34.9 Å². The van der Waals surface area contributed by atoms with Crippen LogP contribution in [0.25, 0.3) is 43.6 Å². The summed E-state index contributed by atoms with van der Waals surface area (Å²) in [6, 6.07) is 8.64. The molecule has 5 aromatic rings. The summed E-state index contributed by atoms with van der Waals surface area (Å²) in [5.74, 6) is -1.73. The van der Waals surface area contributed by atoms with Crippen LogP contribution in [0.1, 0.15) is 26.9 Å². The van der Waals surface area contributed by atoms with E-state index >= 15 is 0 Å². The van der Waals surface area contributed by atoms with E-state index in [1.807, 2.05) is 0 Å². The SMILES string of the molecule is O=C1c2c(c3c4ccc(O)cc4n([C@@H]4O[C@H](CO)[C@@H](O[C@@H]5O[C@H](CO)[C@@H](O)[C@H](O)[C@H]5O)[C@H](O)[C@H]4O)c3c3[nH]c4cc(O)ccc4c23)C(=O)N1NCC1COCO1. The molecule has 3 aromatic carbocycles. The molecule has 56 heavy (non-hydrogen) atoms.